The van der Waals surface area contributed by atoms with Crippen LogP contribution in [-0.4, -0.2) is 39.9 Å². The van der Waals surface area contributed by atoms with Gasteiger partial charge in [0, 0.05) is 31.2 Å². The Morgan fingerprint density at radius 2 is 2.00 bits per heavy atom. The topological polar surface area (TPSA) is 59.0 Å². The smallest absolute Gasteiger partial charge is 0.273 e. The van der Waals surface area contributed by atoms with E-state index in [0.717, 1.165) is 0 Å². The van der Waals surface area contributed by atoms with Crippen molar-refractivity contribution < 1.29 is 9.18 Å². The molecule has 1 amide bonds. The molecule has 2 aromatic heterocycles. The molecule has 22 heavy (non-hydrogen) atoms. The predicted octanol–water partition coefficient (Wildman–Crippen LogP) is 2.53. The fraction of sp³-hybridized carbons (Fsp3) is 0.125. The van der Waals surface area contributed by atoms with Gasteiger partial charge in [-0.2, -0.15) is 0 Å². The molecule has 0 atom stereocenters. The lowest BCUT2D eigenvalue weighted by molar-refractivity contribution is 0.0821. The van der Waals surface area contributed by atoms with Crippen LogP contribution in [0.5, 0.6) is 0 Å². The number of nitrogens with zero attached hydrogens (tertiary/aromatic N) is 4. The molecule has 0 saturated heterocycles. The first kappa shape index (κ1) is 14.1. The number of hydrogen-bond acceptors (Lipinski definition) is 4. The van der Waals surface area contributed by atoms with Crippen molar-refractivity contribution in [2.45, 2.75) is 0 Å². The summed E-state index contributed by atoms with van der Waals surface area (Å²) in [5, 5.41) is 0.408. The van der Waals surface area contributed by atoms with Crippen LogP contribution in [0.2, 0.25) is 0 Å². The van der Waals surface area contributed by atoms with Crippen molar-refractivity contribution in [3.63, 3.8) is 0 Å². The van der Waals surface area contributed by atoms with Crippen molar-refractivity contribution in [3.8, 4) is 11.3 Å². The van der Waals surface area contributed by atoms with Crippen LogP contribution in [0, 0.1) is 5.82 Å². The molecule has 0 fully saturated rings. The molecular weight excluding hydrogens is 283 g/mol. The van der Waals surface area contributed by atoms with Gasteiger partial charge in [0.25, 0.3) is 5.91 Å². The Hall–Kier alpha value is -2.89. The Labute approximate surface area is 126 Å². The minimum atomic E-state index is -0.347. The third-order valence-corrected chi connectivity index (χ3v) is 3.23. The monoisotopic (exact) mass is 296 g/mol. The minimum absolute atomic E-state index is 0.233. The van der Waals surface area contributed by atoms with Crippen LogP contribution in [0.25, 0.3) is 22.2 Å². The number of halogens is 1. The number of pyridine rings is 1. The van der Waals surface area contributed by atoms with E-state index in [9.17, 15) is 9.18 Å². The van der Waals surface area contributed by atoms with Gasteiger partial charge in [-0.05, 0) is 18.2 Å². The number of carbonyl (C=O) groups excluding carboxylic acids is 1. The van der Waals surface area contributed by atoms with E-state index in [-0.39, 0.29) is 17.4 Å². The molecule has 0 bridgehead atoms. The fourth-order valence-corrected chi connectivity index (χ4v) is 2.09. The lowest BCUT2D eigenvalue weighted by atomic mass is 10.1. The average molecular weight is 296 g/mol. The molecule has 6 heteroatoms. The Balaban J connectivity index is 2.10. The van der Waals surface area contributed by atoms with Gasteiger partial charge in [-0.1, -0.05) is 6.07 Å². The number of fused-ring (bicyclic) bond motifs is 1. The summed E-state index contributed by atoms with van der Waals surface area (Å²) < 4.78 is 13.9. The molecule has 2 heterocycles. The lowest BCUT2D eigenvalue weighted by Gasteiger charge is -2.10. The zero-order valence-corrected chi connectivity index (χ0v) is 12.1. The van der Waals surface area contributed by atoms with E-state index < -0.39 is 0 Å². The SMILES string of the molecule is CN(C)C(=O)c1cncc(-c2cnc3cccc(F)c3c2)n1. The highest BCUT2D eigenvalue weighted by Crippen LogP contribution is 2.22. The molecule has 3 rings (SSSR count). The van der Waals surface area contributed by atoms with Crippen LogP contribution in [0.4, 0.5) is 4.39 Å². The first-order valence-electron chi connectivity index (χ1n) is 6.64. The molecule has 110 valence electrons. The maximum absolute atomic E-state index is 13.9. The van der Waals surface area contributed by atoms with Gasteiger partial charge >= 0.3 is 0 Å². The number of benzene rings is 1. The average Bonchev–Trinajstić information content (AvgIpc) is 2.54. The van der Waals surface area contributed by atoms with Crippen molar-refractivity contribution >= 4 is 16.8 Å². The van der Waals surface area contributed by atoms with E-state index in [4.69, 9.17) is 0 Å². The summed E-state index contributed by atoms with van der Waals surface area (Å²) in [6.07, 6.45) is 4.52. The van der Waals surface area contributed by atoms with Gasteiger partial charge in [-0.15, -0.1) is 0 Å². The summed E-state index contributed by atoms with van der Waals surface area (Å²) in [6, 6.07) is 6.39. The van der Waals surface area contributed by atoms with Gasteiger partial charge in [-0.25, -0.2) is 9.37 Å². The predicted molar refractivity (Wildman–Crippen MR) is 80.7 cm³/mol. The van der Waals surface area contributed by atoms with Crippen molar-refractivity contribution in [2.75, 3.05) is 14.1 Å². The summed E-state index contributed by atoms with van der Waals surface area (Å²) in [5.74, 6) is -0.588. The molecule has 0 unspecified atom stereocenters. The Kier molecular flexibility index (Phi) is 3.50. The quantitative estimate of drug-likeness (QED) is 0.729. The third-order valence-electron chi connectivity index (χ3n) is 3.23. The number of carbonyl (C=O) groups is 1. The molecular formula is C16H13FN4O. The minimum Gasteiger partial charge on any atom is -0.343 e. The number of rotatable bonds is 2. The number of hydrogen-bond donors (Lipinski definition) is 0. The van der Waals surface area contributed by atoms with Crippen LogP contribution in [0.15, 0.2) is 42.9 Å². The van der Waals surface area contributed by atoms with Gasteiger partial charge in [0.1, 0.15) is 11.5 Å². The summed E-state index contributed by atoms with van der Waals surface area (Å²) in [7, 11) is 3.29. The van der Waals surface area contributed by atoms with E-state index in [1.54, 1.807) is 38.5 Å². The van der Waals surface area contributed by atoms with E-state index in [2.05, 4.69) is 15.0 Å². The molecule has 0 aliphatic rings. The van der Waals surface area contributed by atoms with E-state index in [1.807, 2.05) is 0 Å². The van der Waals surface area contributed by atoms with Crippen LogP contribution < -0.4 is 0 Å². The first-order chi connectivity index (χ1) is 10.6. The second-order valence-electron chi connectivity index (χ2n) is 5.02. The van der Waals surface area contributed by atoms with E-state index >= 15 is 0 Å². The summed E-state index contributed by atoms with van der Waals surface area (Å²) >= 11 is 0. The van der Waals surface area contributed by atoms with Gasteiger partial charge in [0.15, 0.2) is 0 Å². The maximum Gasteiger partial charge on any atom is 0.273 e. The molecule has 0 aliphatic heterocycles. The van der Waals surface area contributed by atoms with Gasteiger partial charge in [0.05, 0.1) is 23.6 Å². The molecule has 0 saturated carbocycles. The van der Waals surface area contributed by atoms with Crippen molar-refractivity contribution in [1.82, 2.24) is 19.9 Å². The van der Waals surface area contributed by atoms with Crippen molar-refractivity contribution in [1.29, 1.82) is 0 Å². The Bertz CT molecular complexity index is 864. The van der Waals surface area contributed by atoms with Crippen LogP contribution in [-0.2, 0) is 0 Å². The standard InChI is InChI=1S/C16H13FN4O/c1-21(2)16(22)15-9-18-8-14(20-15)10-6-11-12(17)4-3-5-13(11)19-7-10/h3-9H,1-2H3. The normalized spacial score (nSPS) is 10.7. The second-order valence-corrected chi connectivity index (χ2v) is 5.02. The van der Waals surface area contributed by atoms with Crippen molar-refractivity contribution in [2.24, 2.45) is 0 Å². The molecule has 0 radical (unpaired) electrons. The van der Waals surface area contributed by atoms with Crippen LogP contribution >= 0.6 is 0 Å². The summed E-state index contributed by atoms with van der Waals surface area (Å²) in [5.41, 5.74) is 1.89. The number of aromatic nitrogens is 3. The van der Waals surface area contributed by atoms with Gasteiger partial charge in [-0.3, -0.25) is 14.8 Å². The molecule has 1 aromatic carbocycles. The Morgan fingerprint density at radius 3 is 2.77 bits per heavy atom. The van der Waals surface area contributed by atoms with Gasteiger partial charge in [0.2, 0.25) is 0 Å². The molecule has 5 nitrogen and oxygen atoms in total. The zero-order valence-electron chi connectivity index (χ0n) is 12.1. The molecule has 0 N–H and O–H groups in total. The zero-order chi connectivity index (χ0) is 15.7. The van der Waals surface area contributed by atoms with Crippen molar-refractivity contribution in [3.05, 3.63) is 54.4 Å². The first-order valence-corrected chi connectivity index (χ1v) is 6.64. The fourth-order valence-electron chi connectivity index (χ4n) is 2.09. The van der Waals surface area contributed by atoms with E-state index in [1.165, 1.54) is 23.4 Å². The summed E-state index contributed by atoms with van der Waals surface area (Å²) in [6.45, 7) is 0. The highest BCUT2D eigenvalue weighted by atomic mass is 19.1. The van der Waals surface area contributed by atoms with E-state index in [0.29, 0.717) is 22.2 Å². The molecule has 3 aromatic rings. The highest BCUT2D eigenvalue weighted by molar-refractivity contribution is 5.92. The number of amides is 1. The Morgan fingerprint density at radius 1 is 1.18 bits per heavy atom. The van der Waals surface area contributed by atoms with Gasteiger partial charge < -0.3 is 4.90 Å². The molecule has 0 spiro atoms. The van der Waals surface area contributed by atoms with Crippen LogP contribution in [0.3, 0.4) is 0 Å². The molecule has 0 aliphatic carbocycles. The largest absolute Gasteiger partial charge is 0.343 e. The summed E-state index contributed by atoms with van der Waals surface area (Å²) in [4.78, 5) is 25.9. The third kappa shape index (κ3) is 2.50. The second kappa shape index (κ2) is 5.48. The lowest BCUT2D eigenvalue weighted by Crippen LogP contribution is -2.23. The maximum atomic E-state index is 13.9. The van der Waals surface area contributed by atoms with Crippen LogP contribution in [0.1, 0.15) is 10.5 Å². The highest BCUT2D eigenvalue weighted by Gasteiger charge is 2.12.